The van der Waals surface area contributed by atoms with Gasteiger partial charge in [-0.3, -0.25) is 39.9 Å². The van der Waals surface area contributed by atoms with Crippen LogP contribution >= 0.6 is 0 Å². The Hall–Kier alpha value is -8.24. The maximum atomic E-state index is 4.93. The van der Waals surface area contributed by atoms with Crippen LogP contribution in [0.3, 0.4) is 0 Å². The molecule has 0 fully saturated rings. The Morgan fingerprint density at radius 3 is 0.922 bits per heavy atom. The summed E-state index contributed by atoms with van der Waals surface area (Å²) in [6.07, 6.45) is 15.0. The summed E-state index contributed by atoms with van der Waals surface area (Å²) in [5.74, 6) is 0.400. The number of nitrogens with zero attached hydrogens (tertiary/aromatic N) is 10. The molecule has 0 unspecified atom stereocenters. The second-order valence-corrected chi connectivity index (χ2v) is 17.0. The number of aromatic nitrogens is 8. The Morgan fingerprint density at radius 1 is 0.328 bits per heavy atom. The fraction of sp³-hybridized carbons (Fsp3) is 0.111. The van der Waals surface area contributed by atoms with Crippen molar-refractivity contribution in [3.63, 3.8) is 0 Å². The van der Waals surface area contributed by atoms with Crippen molar-refractivity contribution < 1.29 is 0 Å². The third kappa shape index (κ3) is 6.01. The zero-order valence-corrected chi connectivity index (χ0v) is 35.6. The first kappa shape index (κ1) is 37.5. The van der Waals surface area contributed by atoms with Crippen LogP contribution < -0.4 is 9.80 Å². The SMILES string of the molecule is CC(C)c1cc(N(c2cnc3cccnc3c2)c2cnc3cccnc3c2)c2ccc3c(C(C)C)cc(N(c4cnc5cccnc5c4)c4cnc5cccnc5c4)c4ccc1c2c34. The molecule has 12 aromatic rings. The Kier molecular flexibility index (Phi) is 8.62. The van der Waals surface area contributed by atoms with Gasteiger partial charge in [-0.25, -0.2) is 0 Å². The molecule has 0 aliphatic rings. The average Bonchev–Trinajstić information content (AvgIpc) is 3.33. The van der Waals surface area contributed by atoms with Crippen molar-refractivity contribution in [2.24, 2.45) is 0 Å². The van der Waals surface area contributed by atoms with Gasteiger partial charge in [0, 0.05) is 35.6 Å². The number of hydrogen-bond acceptors (Lipinski definition) is 10. The highest BCUT2D eigenvalue weighted by atomic mass is 15.2. The molecule has 0 spiro atoms. The van der Waals surface area contributed by atoms with Crippen molar-refractivity contribution in [1.82, 2.24) is 39.9 Å². The largest absolute Gasteiger partial charge is 0.307 e. The van der Waals surface area contributed by atoms with Crippen LogP contribution in [-0.4, -0.2) is 39.9 Å². The summed E-state index contributed by atoms with van der Waals surface area (Å²) < 4.78 is 0. The Labute approximate surface area is 368 Å². The molecule has 0 saturated carbocycles. The maximum absolute atomic E-state index is 4.93. The molecule has 0 radical (unpaired) electrons. The quantitative estimate of drug-likeness (QED) is 0.137. The smallest absolute Gasteiger partial charge is 0.0907 e. The van der Waals surface area contributed by atoms with E-state index < -0.39 is 0 Å². The maximum Gasteiger partial charge on any atom is 0.0907 e. The van der Waals surface area contributed by atoms with Gasteiger partial charge in [-0.2, -0.15) is 0 Å². The van der Waals surface area contributed by atoms with Gasteiger partial charge in [0.2, 0.25) is 0 Å². The summed E-state index contributed by atoms with van der Waals surface area (Å²) in [5.41, 5.74) is 14.5. The van der Waals surface area contributed by atoms with E-state index in [0.717, 1.165) is 89.0 Å². The summed E-state index contributed by atoms with van der Waals surface area (Å²) in [6, 6.07) is 38.1. The van der Waals surface area contributed by atoms with Crippen LogP contribution in [0.4, 0.5) is 34.1 Å². The molecule has 8 aromatic heterocycles. The van der Waals surface area contributed by atoms with Gasteiger partial charge in [-0.05, 0) is 129 Å². The van der Waals surface area contributed by atoms with Gasteiger partial charge in [-0.1, -0.05) is 52.0 Å². The van der Waals surface area contributed by atoms with E-state index in [9.17, 15) is 0 Å². The first-order valence-electron chi connectivity index (χ1n) is 21.6. The van der Waals surface area contributed by atoms with E-state index >= 15 is 0 Å². The zero-order valence-electron chi connectivity index (χ0n) is 35.6. The van der Waals surface area contributed by atoms with Gasteiger partial charge in [-0.15, -0.1) is 0 Å². The molecule has 0 bridgehead atoms. The van der Waals surface area contributed by atoms with Gasteiger partial charge in [0.05, 0.1) is 103 Å². The topological polar surface area (TPSA) is 110 Å². The number of rotatable bonds is 8. The molecular formula is C54H40N10. The number of hydrogen-bond donors (Lipinski definition) is 0. The van der Waals surface area contributed by atoms with Gasteiger partial charge in [0.1, 0.15) is 0 Å². The van der Waals surface area contributed by atoms with Gasteiger partial charge in [0.15, 0.2) is 0 Å². The summed E-state index contributed by atoms with van der Waals surface area (Å²) in [7, 11) is 0. The summed E-state index contributed by atoms with van der Waals surface area (Å²) in [6.45, 7) is 9.10. The lowest BCUT2D eigenvalue weighted by Crippen LogP contribution is -2.14. The molecule has 10 nitrogen and oxygen atoms in total. The van der Waals surface area contributed by atoms with Gasteiger partial charge in [0.25, 0.3) is 0 Å². The molecule has 0 atom stereocenters. The van der Waals surface area contributed by atoms with Gasteiger partial charge >= 0.3 is 0 Å². The molecular weight excluding hydrogens is 789 g/mol. The first-order valence-corrected chi connectivity index (χ1v) is 21.6. The molecule has 64 heavy (non-hydrogen) atoms. The summed E-state index contributed by atoms with van der Waals surface area (Å²) in [4.78, 5) is 43.2. The van der Waals surface area contributed by atoms with Crippen LogP contribution in [0.15, 0.2) is 159 Å². The van der Waals surface area contributed by atoms with Crippen LogP contribution in [0.2, 0.25) is 0 Å². The number of benzene rings is 4. The predicted octanol–water partition coefficient (Wildman–Crippen LogP) is 13.5. The summed E-state index contributed by atoms with van der Waals surface area (Å²) >= 11 is 0. The van der Waals surface area contributed by atoms with E-state index in [-0.39, 0.29) is 11.8 Å². The third-order valence-corrected chi connectivity index (χ3v) is 12.4. The highest BCUT2D eigenvalue weighted by Gasteiger charge is 2.27. The molecule has 8 heterocycles. The minimum absolute atomic E-state index is 0.200. The van der Waals surface area contributed by atoms with E-state index in [1.54, 1.807) is 0 Å². The number of pyridine rings is 8. The monoisotopic (exact) mass is 828 g/mol. The minimum Gasteiger partial charge on any atom is -0.307 e. The fourth-order valence-corrected chi connectivity index (χ4v) is 9.45. The number of fused-ring (bicyclic) bond motifs is 4. The lowest BCUT2D eigenvalue weighted by molar-refractivity contribution is 0.875. The molecule has 12 rings (SSSR count). The normalized spacial score (nSPS) is 12.0. The van der Waals surface area contributed by atoms with E-state index in [0.29, 0.717) is 0 Å². The van der Waals surface area contributed by atoms with Crippen molar-refractivity contribution >= 4 is 111 Å². The van der Waals surface area contributed by atoms with Gasteiger partial charge < -0.3 is 9.80 Å². The van der Waals surface area contributed by atoms with Crippen molar-refractivity contribution in [3.8, 4) is 0 Å². The molecule has 306 valence electrons. The molecule has 0 N–H and O–H groups in total. The highest BCUT2D eigenvalue weighted by Crippen LogP contribution is 2.51. The van der Waals surface area contributed by atoms with Crippen molar-refractivity contribution in [1.29, 1.82) is 0 Å². The lowest BCUT2D eigenvalue weighted by Gasteiger charge is -2.31. The van der Waals surface area contributed by atoms with Crippen LogP contribution in [-0.2, 0) is 0 Å². The average molecular weight is 829 g/mol. The predicted molar refractivity (Wildman–Crippen MR) is 260 cm³/mol. The molecule has 0 aliphatic heterocycles. The number of anilines is 6. The van der Waals surface area contributed by atoms with Crippen LogP contribution in [0.25, 0.3) is 76.5 Å². The van der Waals surface area contributed by atoms with E-state index in [1.165, 1.54) is 32.7 Å². The van der Waals surface area contributed by atoms with E-state index in [1.807, 2.05) is 98.1 Å². The van der Waals surface area contributed by atoms with Crippen molar-refractivity contribution in [2.45, 2.75) is 39.5 Å². The fourth-order valence-electron chi connectivity index (χ4n) is 9.45. The van der Waals surface area contributed by atoms with Crippen LogP contribution in [0, 0.1) is 0 Å². The zero-order chi connectivity index (χ0) is 43.1. The van der Waals surface area contributed by atoms with Crippen LogP contribution in [0.1, 0.15) is 50.7 Å². The standard InChI is InChI=1S/C54H40N10/c1-31(2)41-25-51(63(33-21-47-43(59-27-33)9-5-17-55-47)34-22-48-44(60-28-34)10-6-18-56-48)39-16-14-38-42(32(3)4)26-52(40-15-13-37(41)53(39)54(38)40)64(35-23-49-45(61-29-35)11-7-19-57-49)36-24-50-46(62-30-36)12-8-20-58-50/h5-32H,1-4H3. The minimum atomic E-state index is 0.200. The Balaban J connectivity index is 1.19. The molecule has 0 amide bonds. The summed E-state index contributed by atoms with van der Waals surface area (Å²) in [5, 5.41) is 7.03. The second kappa shape index (κ2) is 14.7. The highest BCUT2D eigenvalue weighted by molar-refractivity contribution is 6.29. The second-order valence-electron chi connectivity index (χ2n) is 17.0. The third-order valence-electron chi connectivity index (χ3n) is 12.4. The molecule has 0 saturated heterocycles. The van der Waals surface area contributed by atoms with Crippen molar-refractivity contribution in [3.05, 3.63) is 170 Å². The molecule has 10 heteroatoms. The molecule has 0 aliphatic carbocycles. The lowest BCUT2D eigenvalue weighted by atomic mass is 9.84. The Morgan fingerprint density at radius 2 is 0.625 bits per heavy atom. The first-order chi connectivity index (χ1) is 31.4. The van der Waals surface area contributed by atoms with Crippen LogP contribution in [0.5, 0.6) is 0 Å². The van der Waals surface area contributed by atoms with E-state index in [2.05, 4.69) is 98.2 Å². The van der Waals surface area contributed by atoms with E-state index in [4.69, 9.17) is 39.9 Å². The molecule has 4 aromatic carbocycles. The van der Waals surface area contributed by atoms with Crippen molar-refractivity contribution in [2.75, 3.05) is 9.80 Å². The Bertz CT molecular complexity index is 3380.